The number of nitrogens with one attached hydrogen (secondary N) is 1. The van der Waals surface area contributed by atoms with Crippen LogP contribution >= 0.6 is 34.8 Å². The number of para-hydroxylation sites is 1. The lowest BCUT2D eigenvalue weighted by molar-refractivity contribution is -0.682. The number of anilines is 1. The molecule has 0 heterocycles. The number of hydrogen-bond donors (Lipinski definition) is 2. The molecule has 2 aromatic carbocycles. The molecule has 0 aliphatic rings. The van der Waals surface area contributed by atoms with Crippen LogP contribution in [0.5, 0.6) is 0 Å². The van der Waals surface area contributed by atoms with Crippen molar-refractivity contribution in [1.29, 1.82) is 0 Å². The van der Waals surface area contributed by atoms with E-state index in [0.29, 0.717) is 20.8 Å². The molecule has 0 spiro atoms. The highest BCUT2D eigenvalue weighted by molar-refractivity contribution is 6.35. The van der Waals surface area contributed by atoms with Crippen LogP contribution in [-0.4, -0.2) is 12.5 Å². The number of benzene rings is 2. The third-order valence-electron chi connectivity index (χ3n) is 3.26. The van der Waals surface area contributed by atoms with E-state index in [9.17, 15) is 4.79 Å². The smallest absolute Gasteiger partial charge is 0.279 e. The van der Waals surface area contributed by atoms with E-state index in [1.807, 2.05) is 30.4 Å². The summed E-state index contributed by atoms with van der Waals surface area (Å²) in [5.74, 6) is -0.120. The Morgan fingerprint density at radius 2 is 1.86 bits per heavy atom. The molecule has 0 aromatic heterocycles. The molecule has 0 saturated heterocycles. The molecule has 1 amide bonds. The molecule has 6 heteroatoms. The average molecular weight is 359 g/mol. The predicted octanol–water partition coefficient (Wildman–Crippen LogP) is 3.91. The van der Waals surface area contributed by atoms with Crippen molar-refractivity contribution in [3.8, 4) is 0 Å². The summed E-state index contributed by atoms with van der Waals surface area (Å²) in [5.41, 5.74) is 1.55. The Hall–Kier alpha value is -1.26. The molecule has 2 rings (SSSR count). The van der Waals surface area contributed by atoms with Gasteiger partial charge >= 0.3 is 0 Å². The van der Waals surface area contributed by atoms with Gasteiger partial charge in [-0.3, -0.25) is 4.79 Å². The van der Waals surface area contributed by atoms with Crippen LogP contribution < -0.4 is 10.6 Å². The topological polar surface area (TPSA) is 45.7 Å². The number of carbonyl (C=O) groups excluding carboxylic acids is 1. The minimum atomic E-state index is -0.120. The fraction of sp³-hybridized carbons (Fsp3) is 0.188. The van der Waals surface area contributed by atoms with Gasteiger partial charge in [0.2, 0.25) is 0 Å². The summed E-state index contributed by atoms with van der Waals surface area (Å²) in [6.45, 7) is 2.25. The van der Waals surface area contributed by atoms with Gasteiger partial charge in [0.15, 0.2) is 6.54 Å². The molecule has 0 bridgehead atoms. The number of hydrogen-bond acceptors (Lipinski definition) is 1. The van der Waals surface area contributed by atoms with Crippen molar-refractivity contribution < 1.29 is 10.1 Å². The fourth-order valence-electron chi connectivity index (χ4n) is 2.05. The molecule has 1 atom stereocenters. The molecule has 2 aromatic rings. The van der Waals surface area contributed by atoms with Gasteiger partial charge in [0, 0.05) is 10.6 Å². The fourth-order valence-corrected chi connectivity index (χ4v) is 2.81. The maximum atomic E-state index is 12.0. The van der Waals surface area contributed by atoms with E-state index >= 15 is 0 Å². The number of carbonyl (C=O) groups is 1. The van der Waals surface area contributed by atoms with Gasteiger partial charge in [-0.25, -0.2) is 0 Å². The van der Waals surface area contributed by atoms with Crippen LogP contribution in [0, 0.1) is 0 Å². The van der Waals surface area contributed by atoms with E-state index in [2.05, 4.69) is 5.32 Å². The minimum Gasteiger partial charge on any atom is -0.332 e. The predicted molar refractivity (Wildman–Crippen MR) is 91.8 cm³/mol. The van der Waals surface area contributed by atoms with Crippen molar-refractivity contribution in [2.24, 2.45) is 0 Å². The lowest BCUT2D eigenvalue weighted by Gasteiger charge is -2.13. The SMILES string of the molecule is C[C@H]([NH2+]CC(=O)Nc1ccccc1Cl)c1ccc(Cl)cc1Cl. The first-order valence-corrected chi connectivity index (χ1v) is 7.93. The number of nitrogens with two attached hydrogens (primary N) is 1. The zero-order chi connectivity index (χ0) is 16.1. The highest BCUT2D eigenvalue weighted by Gasteiger charge is 2.15. The van der Waals surface area contributed by atoms with Crippen LogP contribution in [0.25, 0.3) is 0 Å². The summed E-state index contributed by atoms with van der Waals surface area (Å²) in [6, 6.07) is 12.5. The number of amides is 1. The monoisotopic (exact) mass is 357 g/mol. The molecular formula is C16H16Cl3N2O+. The molecule has 3 N–H and O–H groups in total. The maximum Gasteiger partial charge on any atom is 0.279 e. The van der Waals surface area contributed by atoms with E-state index in [1.54, 1.807) is 24.3 Å². The average Bonchev–Trinajstić information content (AvgIpc) is 2.47. The van der Waals surface area contributed by atoms with Crippen molar-refractivity contribution in [3.63, 3.8) is 0 Å². The van der Waals surface area contributed by atoms with E-state index < -0.39 is 0 Å². The van der Waals surface area contributed by atoms with Gasteiger partial charge in [-0.2, -0.15) is 0 Å². The first kappa shape index (κ1) is 17.1. The van der Waals surface area contributed by atoms with Crippen LogP contribution in [0.15, 0.2) is 42.5 Å². The van der Waals surface area contributed by atoms with Gasteiger partial charge in [0.1, 0.15) is 6.04 Å². The molecule has 0 radical (unpaired) electrons. The van der Waals surface area contributed by atoms with Crippen molar-refractivity contribution in [2.45, 2.75) is 13.0 Å². The Balaban J connectivity index is 1.92. The van der Waals surface area contributed by atoms with E-state index in [1.165, 1.54) is 0 Å². The summed E-state index contributed by atoms with van der Waals surface area (Å²) < 4.78 is 0. The molecule has 0 aliphatic carbocycles. The summed E-state index contributed by atoms with van der Waals surface area (Å²) >= 11 is 18.1. The standard InChI is InChI=1S/C16H15Cl3N2O/c1-10(12-7-6-11(17)8-14(12)19)20-9-16(22)21-15-5-3-2-4-13(15)18/h2-8,10,20H,9H2,1H3,(H,21,22)/p+1/t10-/m0/s1. The quantitative estimate of drug-likeness (QED) is 0.836. The summed E-state index contributed by atoms with van der Waals surface area (Å²) in [4.78, 5) is 12.0. The van der Waals surface area contributed by atoms with Crippen LogP contribution in [0.4, 0.5) is 5.69 Å². The molecular weight excluding hydrogens is 343 g/mol. The zero-order valence-electron chi connectivity index (χ0n) is 11.9. The van der Waals surface area contributed by atoms with E-state index in [-0.39, 0.29) is 18.5 Å². The highest BCUT2D eigenvalue weighted by Crippen LogP contribution is 2.24. The van der Waals surface area contributed by atoms with E-state index in [0.717, 1.165) is 5.56 Å². The maximum absolute atomic E-state index is 12.0. The first-order valence-electron chi connectivity index (χ1n) is 6.80. The highest BCUT2D eigenvalue weighted by atomic mass is 35.5. The van der Waals surface area contributed by atoms with Crippen molar-refractivity contribution in [3.05, 3.63) is 63.1 Å². The Morgan fingerprint density at radius 1 is 1.14 bits per heavy atom. The second kappa shape index (κ2) is 7.84. The lowest BCUT2D eigenvalue weighted by Crippen LogP contribution is -2.86. The van der Waals surface area contributed by atoms with Crippen LogP contribution in [0.1, 0.15) is 18.5 Å². The number of rotatable bonds is 5. The summed E-state index contributed by atoms with van der Waals surface area (Å²) in [5, 5.41) is 6.40. The van der Waals surface area contributed by atoms with Crippen LogP contribution in [-0.2, 0) is 4.79 Å². The second-order valence-corrected chi connectivity index (χ2v) is 6.17. The van der Waals surface area contributed by atoms with E-state index in [4.69, 9.17) is 34.8 Å². The Labute approximate surface area is 144 Å². The molecule has 0 unspecified atom stereocenters. The number of halogens is 3. The summed E-state index contributed by atoms with van der Waals surface area (Å²) in [6.07, 6.45) is 0. The molecule has 116 valence electrons. The Morgan fingerprint density at radius 3 is 2.55 bits per heavy atom. The normalized spacial score (nSPS) is 12.0. The molecule has 22 heavy (non-hydrogen) atoms. The molecule has 3 nitrogen and oxygen atoms in total. The van der Waals surface area contributed by atoms with Gasteiger partial charge in [-0.15, -0.1) is 0 Å². The molecule has 0 aliphatic heterocycles. The largest absolute Gasteiger partial charge is 0.332 e. The Kier molecular flexibility index (Phi) is 6.09. The van der Waals surface area contributed by atoms with Gasteiger partial charge < -0.3 is 10.6 Å². The zero-order valence-corrected chi connectivity index (χ0v) is 14.2. The van der Waals surface area contributed by atoms with Crippen molar-refractivity contribution in [2.75, 3.05) is 11.9 Å². The van der Waals surface area contributed by atoms with Gasteiger partial charge in [0.05, 0.1) is 15.7 Å². The lowest BCUT2D eigenvalue weighted by atomic mass is 10.1. The molecule has 0 saturated carbocycles. The minimum absolute atomic E-state index is 0.0433. The van der Waals surface area contributed by atoms with Crippen LogP contribution in [0.3, 0.4) is 0 Å². The number of quaternary nitrogens is 1. The van der Waals surface area contributed by atoms with Gasteiger partial charge in [-0.05, 0) is 31.2 Å². The van der Waals surface area contributed by atoms with Crippen LogP contribution in [0.2, 0.25) is 15.1 Å². The Bertz CT molecular complexity index is 676. The van der Waals surface area contributed by atoms with Crippen molar-refractivity contribution in [1.82, 2.24) is 0 Å². The van der Waals surface area contributed by atoms with Gasteiger partial charge in [0.25, 0.3) is 5.91 Å². The third-order valence-corrected chi connectivity index (χ3v) is 4.15. The summed E-state index contributed by atoms with van der Waals surface area (Å²) in [7, 11) is 0. The first-order chi connectivity index (χ1) is 10.5. The third kappa shape index (κ3) is 4.62. The van der Waals surface area contributed by atoms with Gasteiger partial charge in [-0.1, -0.05) is 53.0 Å². The molecule has 0 fully saturated rings. The second-order valence-electron chi connectivity index (χ2n) is 4.92. The van der Waals surface area contributed by atoms with Crippen molar-refractivity contribution >= 4 is 46.4 Å².